The first-order chi connectivity index (χ1) is 20.2. The predicted octanol–water partition coefficient (Wildman–Crippen LogP) is 3.99. The fourth-order valence-electron chi connectivity index (χ4n) is 5.81. The molecular weight excluding hydrogens is 578 g/mol. The summed E-state index contributed by atoms with van der Waals surface area (Å²) in [5.41, 5.74) is 6.21. The van der Waals surface area contributed by atoms with E-state index in [2.05, 4.69) is 25.9 Å². The number of fused-ring (bicyclic) bond motifs is 1. The van der Waals surface area contributed by atoms with Gasteiger partial charge in [-0.3, -0.25) is 4.79 Å². The van der Waals surface area contributed by atoms with E-state index in [1.807, 2.05) is 43.0 Å². The summed E-state index contributed by atoms with van der Waals surface area (Å²) < 4.78 is 33.7. The molecule has 0 aliphatic carbocycles. The zero-order chi connectivity index (χ0) is 29.6. The summed E-state index contributed by atoms with van der Waals surface area (Å²) in [6.07, 6.45) is 2.24. The predicted molar refractivity (Wildman–Crippen MR) is 163 cm³/mol. The molecule has 0 spiro atoms. The van der Waals surface area contributed by atoms with Crippen molar-refractivity contribution in [1.29, 1.82) is 0 Å². The normalized spacial score (nSPS) is 18.2. The Balaban J connectivity index is 1.30. The highest BCUT2D eigenvalue weighted by Crippen LogP contribution is 2.34. The SMILES string of the molecule is CCS(=O)(=O)N1CCC(Nc2c(Cl)cnc3nc(-c4cc(C)n(-c5cccc(C(=O)N6CCOCC6)c5)c4C)[nH]c23)C1. The van der Waals surface area contributed by atoms with E-state index < -0.39 is 10.0 Å². The van der Waals surface area contributed by atoms with Crippen molar-refractivity contribution in [2.45, 2.75) is 33.2 Å². The maximum absolute atomic E-state index is 13.1. The van der Waals surface area contributed by atoms with Crippen molar-refractivity contribution < 1.29 is 17.9 Å². The van der Waals surface area contributed by atoms with Gasteiger partial charge in [0.25, 0.3) is 5.91 Å². The van der Waals surface area contributed by atoms with Gasteiger partial charge >= 0.3 is 0 Å². The van der Waals surface area contributed by atoms with Gasteiger partial charge in [0.2, 0.25) is 10.0 Å². The molecule has 5 heterocycles. The lowest BCUT2D eigenvalue weighted by Gasteiger charge is -2.27. The number of morpholine rings is 1. The van der Waals surface area contributed by atoms with Crippen LogP contribution in [0.3, 0.4) is 0 Å². The van der Waals surface area contributed by atoms with Crippen molar-refractivity contribution in [3.63, 3.8) is 0 Å². The zero-order valence-corrected chi connectivity index (χ0v) is 25.4. The molecule has 2 aliphatic heterocycles. The van der Waals surface area contributed by atoms with E-state index in [9.17, 15) is 13.2 Å². The molecule has 11 nitrogen and oxygen atoms in total. The Morgan fingerprint density at radius 1 is 1.19 bits per heavy atom. The highest BCUT2D eigenvalue weighted by Gasteiger charge is 2.31. The number of aromatic amines is 1. The van der Waals surface area contributed by atoms with Crippen LogP contribution in [-0.4, -0.2) is 94.2 Å². The highest BCUT2D eigenvalue weighted by molar-refractivity contribution is 7.89. The number of benzene rings is 1. The second-order valence-electron chi connectivity index (χ2n) is 10.7. The van der Waals surface area contributed by atoms with Gasteiger partial charge in [0.15, 0.2) is 5.65 Å². The summed E-state index contributed by atoms with van der Waals surface area (Å²) in [6, 6.07) is 9.64. The van der Waals surface area contributed by atoms with Crippen LogP contribution in [0.25, 0.3) is 28.2 Å². The van der Waals surface area contributed by atoms with Crippen molar-refractivity contribution in [2.24, 2.45) is 0 Å². The maximum atomic E-state index is 13.1. The number of H-pyrrole nitrogens is 1. The van der Waals surface area contributed by atoms with Gasteiger partial charge in [-0.2, -0.15) is 4.31 Å². The van der Waals surface area contributed by atoms with Gasteiger partial charge in [0.1, 0.15) is 11.3 Å². The maximum Gasteiger partial charge on any atom is 0.254 e. The number of halogens is 1. The van der Waals surface area contributed by atoms with Crippen molar-refractivity contribution in [2.75, 3.05) is 50.5 Å². The number of imidazole rings is 1. The van der Waals surface area contributed by atoms with E-state index in [4.69, 9.17) is 21.3 Å². The molecule has 0 saturated carbocycles. The Morgan fingerprint density at radius 3 is 2.74 bits per heavy atom. The lowest BCUT2D eigenvalue weighted by Crippen LogP contribution is -2.40. The second kappa shape index (κ2) is 11.3. The summed E-state index contributed by atoms with van der Waals surface area (Å²) in [7, 11) is -3.25. The minimum atomic E-state index is -3.25. The summed E-state index contributed by atoms with van der Waals surface area (Å²) in [5.74, 6) is 0.724. The molecule has 1 unspecified atom stereocenters. The third kappa shape index (κ3) is 5.28. The van der Waals surface area contributed by atoms with Gasteiger partial charge in [-0.1, -0.05) is 17.7 Å². The van der Waals surface area contributed by atoms with E-state index in [1.165, 1.54) is 4.31 Å². The number of hydrogen-bond acceptors (Lipinski definition) is 7. The first-order valence-corrected chi connectivity index (χ1v) is 16.1. The van der Waals surface area contributed by atoms with Gasteiger partial charge in [-0.05, 0) is 51.5 Å². The fourth-order valence-corrected chi connectivity index (χ4v) is 7.17. The van der Waals surface area contributed by atoms with Crippen LogP contribution in [0.4, 0.5) is 5.69 Å². The van der Waals surface area contributed by atoms with Crippen LogP contribution in [0.1, 0.15) is 35.1 Å². The Morgan fingerprint density at radius 2 is 1.98 bits per heavy atom. The van der Waals surface area contributed by atoms with Crippen molar-refractivity contribution in [1.82, 2.24) is 28.7 Å². The second-order valence-corrected chi connectivity index (χ2v) is 13.4. The molecule has 2 aliphatic rings. The van der Waals surface area contributed by atoms with E-state index in [0.717, 1.165) is 22.6 Å². The van der Waals surface area contributed by atoms with Crippen LogP contribution < -0.4 is 5.32 Å². The van der Waals surface area contributed by atoms with Crippen LogP contribution >= 0.6 is 11.6 Å². The largest absolute Gasteiger partial charge is 0.378 e. The Bertz CT molecular complexity index is 1760. The van der Waals surface area contributed by atoms with Gasteiger partial charge in [0, 0.05) is 60.4 Å². The molecule has 0 bridgehead atoms. The lowest BCUT2D eigenvalue weighted by molar-refractivity contribution is 0.0303. The number of sulfonamides is 1. The number of anilines is 1. The van der Waals surface area contributed by atoms with Crippen LogP contribution in [0.5, 0.6) is 0 Å². The van der Waals surface area contributed by atoms with Crippen LogP contribution in [0.2, 0.25) is 5.02 Å². The Labute approximate surface area is 249 Å². The molecule has 6 rings (SSSR count). The van der Waals surface area contributed by atoms with E-state index in [0.29, 0.717) is 79.1 Å². The summed E-state index contributed by atoms with van der Waals surface area (Å²) in [4.78, 5) is 27.6. The molecule has 1 atom stereocenters. The highest BCUT2D eigenvalue weighted by atomic mass is 35.5. The average molecular weight is 612 g/mol. The number of hydrogen-bond donors (Lipinski definition) is 2. The zero-order valence-electron chi connectivity index (χ0n) is 23.9. The van der Waals surface area contributed by atoms with Gasteiger partial charge in [-0.15, -0.1) is 0 Å². The number of carbonyl (C=O) groups is 1. The molecule has 2 fully saturated rings. The number of aryl methyl sites for hydroxylation is 1. The van der Waals surface area contributed by atoms with Gasteiger partial charge in [-0.25, -0.2) is 18.4 Å². The molecule has 3 aromatic heterocycles. The molecular formula is C29H34ClN7O4S. The quantitative estimate of drug-likeness (QED) is 0.324. The number of pyridine rings is 1. The van der Waals surface area contributed by atoms with Crippen LogP contribution in [0.15, 0.2) is 36.5 Å². The third-order valence-corrected chi connectivity index (χ3v) is 10.2. The van der Waals surface area contributed by atoms with Crippen LogP contribution in [-0.2, 0) is 14.8 Å². The Kier molecular flexibility index (Phi) is 7.73. The molecule has 0 radical (unpaired) electrons. The summed E-state index contributed by atoms with van der Waals surface area (Å²) in [5, 5.41) is 3.88. The minimum Gasteiger partial charge on any atom is -0.378 e. The van der Waals surface area contributed by atoms with Crippen molar-refractivity contribution in [3.05, 3.63) is 58.5 Å². The number of aromatic nitrogens is 4. The van der Waals surface area contributed by atoms with E-state index in [-0.39, 0.29) is 17.7 Å². The monoisotopic (exact) mass is 611 g/mol. The number of nitrogens with zero attached hydrogens (tertiary/aromatic N) is 5. The first-order valence-electron chi connectivity index (χ1n) is 14.1. The van der Waals surface area contributed by atoms with Gasteiger partial charge < -0.3 is 24.5 Å². The van der Waals surface area contributed by atoms with E-state index in [1.54, 1.807) is 13.1 Å². The fraction of sp³-hybridized carbons (Fsp3) is 0.414. The molecule has 13 heteroatoms. The summed E-state index contributed by atoms with van der Waals surface area (Å²) >= 11 is 6.58. The van der Waals surface area contributed by atoms with Crippen molar-refractivity contribution >= 4 is 44.4 Å². The topological polar surface area (TPSA) is 125 Å². The molecule has 4 aromatic rings. The van der Waals surface area contributed by atoms with Crippen LogP contribution in [0, 0.1) is 13.8 Å². The number of carbonyl (C=O) groups excluding carboxylic acids is 1. The molecule has 1 amide bonds. The molecule has 42 heavy (non-hydrogen) atoms. The number of nitrogens with one attached hydrogen (secondary N) is 2. The van der Waals surface area contributed by atoms with Crippen molar-refractivity contribution in [3.8, 4) is 17.1 Å². The molecule has 2 saturated heterocycles. The number of amides is 1. The molecule has 1 aromatic carbocycles. The number of ether oxygens (including phenoxy) is 1. The Hall–Kier alpha value is -3.45. The molecule has 222 valence electrons. The standard InChI is InChI=1S/C29H34ClN7O4S/c1-4-42(39,40)36-9-8-21(17-36)32-25-24(30)16-31-28-26(25)33-27(34-28)23-14-18(2)37(19(23)3)22-7-5-6-20(15-22)29(38)35-10-12-41-13-11-35/h5-7,14-16,21H,4,8-13,17H2,1-3H3,(H2,31,32,33,34). The minimum absolute atomic E-state index is 0.000722. The smallest absolute Gasteiger partial charge is 0.254 e. The first kappa shape index (κ1) is 28.7. The molecule has 2 N–H and O–H groups in total. The third-order valence-electron chi connectivity index (χ3n) is 8.07. The number of rotatable bonds is 7. The van der Waals surface area contributed by atoms with E-state index >= 15 is 0 Å². The van der Waals surface area contributed by atoms with Gasteiger partial charge in [0.05, 0.1) is 35.9 Å². The summed E-state index contributed by atoms with van der Waals surface area (Å²) in [6.45, 7) is 8.84. The average Bonchev–Trinajstić information content (AvgIpc) is 3.72. The lowest BCUT2D eigenvalue weighted by atomic mass is 10.1.